The molecule has 9 nitrogen and oxygen atoms in total. The molecule has 0 saturated heterocycles. The molecule has 0 atom stereocenters. The lowest BCUT2D eigenvalue weighted by Crippen LogP contribution is -2.30. The third-order valence-electron chi connectivity index (χ3n) is 5.60. The van der Waals surface area contributed by atoms with Crippen molar-refractivity contribution in [1.29, 1.82) is 0 Å². The Balaban J connectivity index is 1.74. The third kappa shape index (κ3) is 4.43. The maximum absolute atomic E-state index is 12.8. The standard InChI is InChI=1S/C24H26N6O3/c1-4-29-20-14-26-24(27-16-5-10-19(22(25)32)15(2)13-16)28-23(20)30(12-11-21(29)31)17-6-8-18(33-3)9-7-17/h5-10,13-14H,4,11-12H2,1-3H3,(H2,25,32)(H,26,27,28). The molecule has 2 aromatic carbocycles. The maximum Gasteiger partial charge on any atom is 0.248 e. The molecule has 9 heteroatoms. The van der Waals surface area contributed by atoms with Crippen molar-refractivity contribution < 1.29 is 14.3 Å². The van der Waals surface area contributed by atoms with Crippen molar-refractivity contribution in [3.63, 3.8) is 0 Å². The van der Waals surface area contributed by atoms with E-state index in [1.807, 2.05) is 49.1 Å². The van der Waals surface area contributed by atoms with Crippen LogP contribution in [-0.4, -0.2) is 42.0 Å². The lowest BCUT2D eigenvalue weighted by molar-refractivity contribution is -0.118. The Morgan fingerprint density at radius 2 is 1.97 bits per heavy atom. The molecule has 0 saturated carbocycles. The summed E-state index contributed by atoms with van der Waals surface area (Å²) in [6.45, 7) is 4.75. The van der Waals surface area contributed by atoms with Crippen LogP contribution in [0.15, 0.2) is 48.7 Å². The summed E-state index contributed by atoms with van der Waals surface area (Å²) in [6.07, 6.45) is 2.02. The average Bonchev–Trinajstić information content (AvgIpc) is 2.94. The summed E-state index contributed by atoms with van der Waals surface area (Å²) in [4.78, 5) is 37.2. The van der Waals surface area contributed by atoms with Gasteiger partial charge < -0.3 is 25.6 Å². The zero-order valence-electron chi connectivity index (χ0n) is 18.8. The van der Waals surface area contributed by atoms with Crippen molar-refractivity contribution in [1.82, 2.24) is 9.97 Å². The fourth-order valence-electron chi connectivity index (χ4n) is 3.91. The molecule has 4 rings (SSSR count). The zero-order valence-corrected chi connectivity index (χ0v) is 18.8. The van der Waals surface area contributed by atoms with Crippen LogP contribution in [0.2, 0.25) is 0 Å². The van der Waals surface area contributed by atoms with Gasteiger partial charge in [-0.2, -0.15) is 4.98 Å². The van der Waals surface area contributed by atoms with Crippen molar-refractivity contribution in [2.45, 2.75) is 20.3 Å². The summed E-state index contributed by atoms with van der Waals surface area (Å²) in [5.41, 5.74) is 8.90. The van der Waals surface area contributed by atoms with Gasteiger partial charge >= 0.3 is 0 Å². The first-order valence-corrected chi connectivity index (χ1v) is 10.7. The van der Waals surface area contributed by atoms with Crippen molar-refractivity contribution in [3.8, 4) is 5.75 Å². The number of hydrogen-bond acceptors (Lipinski definition) is 7. The number of nitrogens with one attached hydrogen (secondary N) is 1. The molecule has 1 aliphatic heterocycles. The molecular weight excluding hydrogens is 420 g/mol. The van der Waals surface area contributed by atoms with Crippen LogP contribution in [0, 0.1) is 6.92 Å². The SMILES string of the molecule is CCN1C(=O)CCN(c2ccc(OC)cc2)c2nc(Nc3ccc(C(N)=O)c(C)c3)ncc21. The molecular formula is C24H26N6O3. The first-order chi connectivity index (χ1) is 15.9. The van der Waals surface area contributed by atoms with Crippen LogP contribution >= 0.6 is 0 Å². The molecule has 0 aliphatic carbocycles. The van der Waals surface area contributed by atoms with Gasteiger partial charge in [0.2, 0.25) is 17.8 Å². The van der Waals surface area contributed by atoms with Crippen LogP contribution in [0.3, 0.4) is 0 Å². The Kier molecular flexibility index (Phi) is 6.12. The summed E-state index contributed by atoms with van der Waals surface area (Å²) >= 11 is 0. The minimum absolute atomic E-state index is 0.0248. The van der Waals surface area contributed by atoms with Gasteiger partial charge in [0.25, 0.3) is 0 Å². The van der Waals surface area contributed by atoms with Gasteiger partial charge in [0.1, 0.15) is 11.4 Å². The van der Waals surface area contributed by atoms with E-state index in [9.17, 15) is 9.59 Å². The largest absolute Gasteiger partial charge is 0.497 e. The third-order valence-corrected chi connectivity index (χ3v) is 5.60. The zero-order chi connectivity index (χ0) is 23.5. The van der Waals surface area contributed by atoms with Gasteiger partial charge in [-0.05, 0) is 61.9 Å². The number of primary amides is 1. The lowest BCUT2D eigenvalue weighted by Gasteiger charge is -2.25. The first-order valence-electron chi connectivity index (χ1n) is 10.7. The van der Waals surface area contributed by atoms with E-state index >= 15 is 0 Å². The number of aryl methyl sites for hydroxylation is 1. The van der Waals surface area contributed by atoms with Crippen molar-refractivity contribution >= 4 is 40.6 Å². The van der Waals surface area contributed by atoms with E-state index in [1.54, 1.807) is 30.3 Å². The van der Waals surface area contributed by atoms with Gasteiger partial charge in [-0.1, -0.05) is 0 Å². The Morgan fingerprint density at radius 1 is 1.21 bits per heavy atom. The number of carbonyl (C=O) groups is 2. The number of hydrogen-bond donors (Lipinski definition) is 2. The summed E-state index contributed by atoms with van der Waals surface area (Å²) < 4.78 is 5.28. The van der Waals surface area contributed by atoms with E-state index in [0.29, 0.717) is 42.5 Å². The highest BCUT2D eigenvalue weighted by molar-refractivity contribution is 5.99. The molecule has 0 unspecified atom stereocenters. The van der Waals surface area contributed by atoms with Crippen molar-refractivity contribution in [2.75, 3.05) is 35.3 Å². The van der Waals surface area contributed by atoms with E-state index < -0.39 is 5.91 Å². The second kappa shape index (κ2) is 9.15. The summed E-state index contributed by atoms with van der Waals surface area (Å²) in [7, 11) is 1.62. The number of ether oxygens (including phenoxy) is 1. The van der Waals surface area contributed by atoms with E-state index in [-0.39, 0.29) is 5.91 Å². The number of rotatable bonds is 6. The van der Waals surface area contributed by atoms with E-state index in [4.69, 9.17) is 15.5 Å². The van der Waals surface area contributed by atoms with Crippen LogP contribution in [-0.2, 0) is 4.79 Å². The molecule has 3 N–H and O–H groups in total. The van der Waals surface area contributed by atoms with Crippen LogP contribution in [0.4, 0.5) is 28.8 Å². The average molecular weight is 447 g/mol. The molecule has 0 radical (unpaired) electrons. The number of aromatic nitrogens is 2. The summed E-state index contributed by atoms with van der Waals surface area (Å²) in [5, 5.41) is 3.19. The van der Waals surface area contributed by atoms with E-state index in [1.165, 1.54) is 0 Å². The number of amides is 2. The van der Waals surface area contributed by atoms with Gasteiger partial charge in [-0.25, -0.2) is 4.98 Å². The number of nitrogens with zero attached hydrogens (tertiary/aromatic N) is 4. The molecule has 2 amide bonds. The van der Waals surface area contributed by atoms with Crippen LogP contribution in [0.25, 0.3) is 0 Å². The Labute approximate surface area is 192 Å². The molecule has 0 fully saturated rings. The Bertz CT molecular complexity index is 1200. The first kappa shape index (κ1) is 22.1. The van der Waals surface area contributed by atoms with Crippen molar-refractivity contribution in [3.05, 3.63) is 59.8 Å². The fraction of sp³-hybridized carbons (Fsp3) is 0.250. The van der Waals surface area contributed by atoms with Gasteiger partial charge in [-0.3, -0.25) is 9.59 Å². The smallest absolute Gasteiger partial charge is 0.248 e. The van der Waals surface area contributed by atoms with Crippen LogP contribution < -0.4 is 25.6 Å². The molecule has 0 spiro atoms. The number of fused-ring (bicyclic) bond motifs is 1. The number of nitrogens with two attached hydrogens (primary N) is 1. The molecule has 1 aromatic heterocycles. The van der Waals surface area contributed by atoms with Gasteiger partial charge in [0.15, 0.2) is 5.82 Å². The molecule has 3 aromatic rings. The topological polar surface area (TPSA) is 114 Å². The number of benzene rings is 2. The van der Waals surface area contributed by atoms with Gasteiger partial charge in [0, 0.05) is 36.4 Å². The number of methoxy groups -OCH3 is 1. The highest BCUT2D eigenvalue weighted by Gasteiger charge is 2.28. The predicted molar refractivity (Wildman–Crippen MR) is 128 cm³/mol. The minimum atomic E-state index is -0.472. The molecule has 2 heterocycles. The van der Waals surface area contributed by atoms with Crippen molar-refractivity contribution in [2.24, 2.45) is 5.73 Å². The van der Waals surface area contributed by atoms with E-state index in [2.05, 4.69) is 10.3 Å². The maximum atomic E-state index is 12.8. The molecule has 1 aliphatic rings. The molecule has 33 heavy (non-hydrogen) atoms. The highest BCUT2D eigenvalue weighted by Crippen LogP contribution is 2.37. The second-order valence-corrected chi connectivity index (χ2v) is 7.66. The lowest BCUT2D eigenvalue weighted by atomic mass is 10.1. The van der Waals surface area contributed by atoms with Gasteiger partial charge in [0.05, 0.1) is 13.3 Å². The van der Waals surface area contributed by atoms with Gasteiger partial charge in [-0.15, -0.1) is 0 Å². The van der Waals surface area contributed by atoms with Crippen LogP contribution in [0.5, 0.6) is 5.75 Å². The molecule has 0 bridgehead atoms. The highest BCUT2D eigenvalue weighted by atomic mass is 16.5. The monoisotopic (exact) mass is 446 g/mol. The quantitative estimate of drug-likeness (QED) is 0.595. The Morgan fingerprint density at radius 3 is 2.61 bits per heavy atom. The molecule has 170 valence electrons. The normalized spacial score (nSPS) is 13.4. The number of carbonyl (C=O) groups excluding carboxylic acids is 2. The second-order valence-electron chi connectivity index (χ2n) is 7.66. The number of anilines is 5. The minimum Gasteiger partial charge on any atom is -0.497 e. The summed E-state index contributed by atoms with van der Waals surface area (Å²) in [6, 6.07) is 12.9. The van der Waals surface area contributed by atoms with E-state index in [0.717, 1.165) is 22.7 Å². The van der Waals surface area contributed by atoms with Crippen LogP contribution in [0.1, 0.15) is 29.3 Å². The Hall–Kier alpha value is -4.14. The summed E-state index contributed by atoms with van der Waals surface area (Å²) in [5.74, 6) is 1.32. The fourth-order valence-corrected chi connectivity index (χ4v) is 3.91. The predicted octanol–water partition coefficient (Wildman–Crippen LogP) is 3.53.